The van der Waals surface area contributed by atoms with Gasteiger partial charge in [0.25, 0.3) is 0 Å². The minimum absolute atomic E-state index is 0.0482. The second kappa shape index (κ2) is 7.76. The van der Waals surface area contributed by atoms with Gasteiger partial charge in [-0.2, -0.15) is 13.2 Å². The highest BCUT2D eigenvalue weighted by Crippen LogP contribution is 2.31. The number of hydrogen-bond donors (Lipinski definition) is 1. The van der Waals surface area contributed by atoms with E-state index in [1.807, 2.05) is 12.3 Å². The molecule has 3 rings (SSSR count). The Hall–Kier alpha value is -1.92. The van der Waals surface area contributed by atoms with Crippen molar-refractivity contribution in [2.45, 2.75) is 32.0 Å². The highest BCUT2D eigenvalue weighted by Gasteiger charge is 2.30. The summed E-state index contributed by atoms with van der Waals surface area (Å²) in [6.45, 7) is 2.68. The molecule has 0 aliphatic heterocycles. The van der Waals surface area contributed by atoms with Crippen LogP contribution in [0.3, 0.4) is 0 Å². The van der Waals surface area contributed by atoms with Crippen LogP contribution in [0.2, 0.25) is 0 Å². The van der Waals surface area contributed by atoms with Gasteiger partial charge in [-0.1, -0.05) is 18.2 Å². The summed E-state index contributed by atoms with van der Waals surface area (Å²) in [6, 6.07) is 10.3. The lowest BCUT2D eigenvalue weighted by molar-refractivity contribution is -0.137. The second-order valence-electron chi connectivity index (χ2n) is 6.31. The molecule has 6 heteroatoms. The van der Waals surface area contributed by atoms with Crippen molar-refractivity contribution < 1.29 is 17.6 Å². The predicted molar refractivity (Wildman–Crippen MR) is 98.0 cm³/mol. The molecule has 1 N–H and O–H groups in total. The van der Waals surface area contributed by atoms with Crippen LogP contribution in [-0.4, -0.2) is 6.54 Å². The van der Waals surface area contributed by atoms with Gasteiger partial charge in [-0.25, -0.2) is 4.39 Å². The first-order chi connectivity index (χ1) is 12.3. The predicted octanol–water partition coefficient (Wildman–Crippen LogP) is 6.34. The number of alkyl halides is 3. The van der Waals surface area contributed by atoms with Gasteiger partial charge in [-0.3, -0.25) is 0 Å². The summed E-state index contributed by atoms with van der Waals surface area (Å²) < 4.78 is 52.7. The summed E-state index contributed by atoms with van der Waals surface area (Å²) in [4.78, 5) is 0. The quantitative estimate of drug-likeness (QED) is 0.388. The van der Waals surface area contributed by atoms with E-state index >= 15 is 0 Å². The fraction of sp³-hybridized carbons (Fsp3) is 0.300. The lowest BCUT2D eigenvalue weighted by Gasteiger charge is -2.14. The Balaban J connectivity index is 1.56. The summed E-state index contributed by atoms with van der Waals surface area (Å²) in [6.07, 6.45) is -3.01. The van der Waals surface area contributed by atoms with Crippen LogP contribution >= 0.6 is 11.3 Å². The maximum absolute atomic E-state index is 13.5. The molecule has 1 nitrogen and oxygen atoms in total. The van der Waals surface area contributed by atoms with E-state index in [0.29, 0.717) is 18.5 Å². The van der Waals surface area contributed by atoms with Crippen molar-refractivity contribution in [3.05, 3.63) is 70.4 Å². The van der Waals surface area contributed by atoms with Crippen LogP contribution < -0.4 is 5.32 Å². The molecule has 26 heavy (non-hydrogen) atoms. The van der Waals surface area contributed by atoms with Crippen molar-refractivity contribution in [2.75, 3.05) is 6.54 Å². The van der Waals surface area contributed by atoms with Gasteiger partial charge in [0.05, 0.1) is 5.56 Å². The molecule has 0 saturated heterocycles. The molecular formula is C20H19F4NS. The molecule has 3 aromatic rings. The number of benzene rings is 2. The summed E-state index contributed by atoms with van der Waals surface area (Å²) in [7, 11) is 0. The monoisotopic (exact) mass is 381 g/mol. The minimum atomic E-state index is -4.31. The molecule has 1 unspecified atom stereocenters. The van der Waals surface area contributed by atoms with Crippen molar-refractivity contribution >= 4 is 21.4 Å². The van der Waals surface area contributed by atoms with Crippen LogP contribution in [0.5, 0.6) is 0 Å². The van der Waals surface area contributed by atoms with Crippen molar-refractivity contribution in [3.63, 3.8) is 0 Å². The van der Waals surface area contributed by atoms with E-state index in [1.54, 1.807) is 29.5 Å². The third-order valence-electron chi connectivity index (χ3n) is 4.38. The molecule has 1 atom stereocenters. The zero-order valence-electron chi connectivity index (χ0n) is 14.2. The Morgan fingerprint density at radius 1 is 1.12 bits per heavy atom. The molecule has 0 bridgehead atoms. The Bertz CT molecular complexity index is 885. The van der Waals surface area contributed by atoms with E-state index in [4.69, 9.17) is 0 Å². The number of fused-ring (bicyclic) bond motifs is 1. The van der Waals surface area contributed by atoms with Crippen LogP contribution in [0.15, 0.2) is 47.8 Å². The molecule has 1 aromatic heterocycles. The summed E-state index contributed by atoms with van der Waals surface area (Å²) >= 11 is 1.58. The molecular weight excluding hydrogens is 362 g/mol. The molecule has 0 saturated carbocycles. The zero-order chi connectivity index (χ0) is 18.7. The van der Waals surface area contributed by atoms with Crippen LogP contribution in [0.25, 0.3) is 10.1 Å². The Labute approximate surface area is 153 Å². The normalized spacial score (nSPS) is 13.3. The number of nitrogens with one attached hydrogen (secondary N) is 1. The van der Waals surface area contributed by atoms with Crippen molar-refractivity contribution in [3.8, 4) is 0 Å². The number of halogens is 4. The van der Waals surface area contributed by atoms with Gasteiger partial charge in [-0.05, 0) is 67.1 Å². The Morgan fingerprint density at radius 2 is 1.92 bits per heavy atom. The van der Waals surface area contributed by atoms with Gasteiger partial charge in [-0.15, -0.1) is 11.3 Å². The molecule has 0 spiro atoms. The third kappa shape index (κ3) is 4.43. The van der Waals surface area contributed by atoms with Crippen LogP contribution in [0.4, 0.5) is 17.6 Å². The van der Waals surface area contributed by atoms with Crippen LogP contribution in [0.1, 0.15) is 36.1 Å². The third-order valence-corrected chi connectivity index (χ3v) is 5.36. The maximum Gasteiger partial charge on any atom is 0.416 e. The van der Waals surface area contributed by atoms with Gasteiger partial charge < -0.3 is 5.32 Å². The standard InChI is InChI=1S/C20H19F4NS/c1-13(18-12-26-19-8-7-16(21)11-17(18)19)25-9-3-5-14-4-2-6-15(10-14)20(22,23)24/h2,4,6-8,10-13,25H,3,5,9H2,1H3. The minimum Gasteiger partial charge on any atom is -0.310 e. The van der Waals surface area contributed by atoms with Gasteiger partial charge in [0.15, 0.2) is 0 Å². The van der Waals surface area contributed by atoms with Crippen LogP contribution in [-0.2, 0) is 12.6 Å². The molecule has 0 aliphatic rings. The molecule has 1 heterocycles. The Morgan fingerprint density at radius 3 is 2.69 bits per heavy atom. The van der Waals surface area contributed by atoms with Gasteiger partial charge >= 0.3 is 6.18 Å². The lowest BCUT2D eigenvalue weighted by atomic mass is 10.0. The average Bonchev–Trinajstić information content (AvgIpc) is 3.01. The fourth-order valence-corrected chi connectivity index (χ4v) is 4.02. The summed E-state index contributed by atoms with van der Waals surface area (Å²) in [5, 5.41) is 6.31. The average molecular weight is 381 g/mol. The topological polar surface area (TPSA) is 12.0 Å². The largest absolute Gasteiger partial charge is 0.416 e. The van der Waals surface area contributed by atoms with E-state index in [1.165, 1.54) is 18.2 Å². The van der Waals surface area contributed by atoms with E-state index in [2.05, 4.69) is 5.32 Å². The van der Waals surface area contributed by atoms with Crippen molar-refractivity contribution in [1.29, 1.82) is 0 Å². The molecule has 0 radical (unpaired) electrons. The molecule has 0 fully saturated rings. The van der Waals surface area contributed by atoms with E-state index in [-0.39, 0.29) is 11.9 Å². The molecule has 138 valence electrons. The number of hydrogen-bond acceptors (Lipinski definition) is 2. The first kappa shape index (κ1) is 18.9. The fourth-order valence-electron chi connectivity index (χ4n) is 2.98. The highest BCUT2D eigenvalue weighted by molar-refractivity contribution is 7.17. The van der Waals surface area contributed by atoms with Crippen molar-refractivity contribution in [2.24, 2.45) is 0 Å². The SMILES string of the molecule is CC(NCCCc1cccc(C(F)(F)F)c1)c1csc2ccc(F)cc12. The van der Waals surface area contributed by atoms with E-state index < -0.39 is 11.7 Å². The molecule has 0 amide bonds. The van der Waals surface area contributed by atoms with Gasteiger partial charge in [0, 0.05) is 16.1 Å². The number of thiophene rings is 1. The Kier molecular flexibility index (Phi) is 5.63. The number of rotatable bonds is 6. The first-order valence-corrected chi connectivity index (χ1v) is 9.29. The summed E-state index contributed by atoms with van der Waals surface area (Å²) in [5.74, 6) is -0.256. The smallest absolute Gasteiger partial charge is 0.310 e. The maximum atomic E-state index is 13.5. The van der Waals surface area contributed by atoms with Crippen molar-refractivity contribution in [1.82, 2.24) is 5.32 Å². The molecule has 2 aromatic carbocycles. The van der Waals surface area contributed by atoms with E-state index in [9.17, 15) is 17.6 Å². The number of aryl methyl sites for hydroxylation is 1. The first-order valence-electron chi connectivity index (χ1n) is 8.41. The summed E-state index contributed by atoms with van der Waals surface area (Å²) in [5.41, 5.74) is 1.11. The molecule has 0 aliphatic carbocycles. The van der Waals surface area contributed by atoms with Crippen LogP contribution in [0, 0.1) is 5.82 Å². The second-order valence-corrected chi connectivity index (χ2v) is 7.22. The van der Waals surface area contributed by atoms with Gasteiger partial charge in [0.2, 0.25) is 0 Å². The lowest BCUT2D eigenvalue weighted by Crippen LogP contribution is -2.20. The van der Waals surface area contributed by atoms with Gasteiger partial charge in [0.1, 0.15) is 5.82 Å². The van der Waals surface area contributed by atoms with E-state index in [0.717, 1.165) is 28.1 Å². The highest BCUT2D eigenvalue weighted by atomic mass is 32.1. The zero-order valence-corrected chi connectivity index (χ0v) is 15.1.